The highest BCUT2D eigenvalue weighted by Crippen LogP contribution is 2.35. The maximum Gasteiger partial charge on any atom is 0.165 e. The molecule has 0 spiro atoms. The van der Waals surface area contributed by atoms with Gasteiger partial charge in [0.1, 0.15) is 22.2 Å². The number of aryl methyl sites for hydroxylation is 1. The van der Waals surface area contributed by atoms with E-state index in [4.69, 9.17) is 20.2 Å². The number of hydrogen-bond acceptors (Lipinski definition) is 7. The highest BCUT2D eigenvalue weighted by atomic mass is 32.1. The van der Waals surface area contributed by atoms with Crippen LogP contribution in [0.3, 0.4) is 0 Å². The Bertz CT molecular complexity index is 1140. The minimum atomic E-state index is 0.386. The Labute approximate surface area is 166 Å². The van der Waals surface area contributed by atoms with E-state index in [0.29, 0.717) is 33.7 Å². The molecular weight excluding hydrogens is 374 g/mol. The number of anilines is 1. The van der Waals surface area contributed by atoms with E-state index in [9.17, 15) is 0 Å². The normalized spacial score (nSPS) is 10.8. The molecule has 0 unspecified atom stereocenters. The quantitative estimate of drug-likeness (QED) is 0.552. The zero-order valence-electron chi connectivity index (χ0n) is 15.7. The van der Waals surface area contributed by atoms with E-state index in [0.717, 1.165) is 16.8 Å². The third-order valence-corrected chi connectivity index (χ3v) is 5.30. The minimum Gasteiger partial charge on any atom is -0.497 e. The number of nitrogens with two attached hydrogens (primary N) is 1. The Balaban J connectivity index is 1.76. The van der Waals surface area contributed by atoms with E-state index in [2.05, 4.69) is 29.4 Å². The summed E-state index contributed by atoms with van der Waals surface area (Å²) < 4.78 is 12.3. The molecule has 2 heterocycles. The molecule has 8 heteroatoms. The molecule has 0 atom stereocenters. The molecule has 142 valence electrons. The summed E-state index contributed by atoms with van der Waals surface area (Å²) in [4.78, 5) is 4.72. The number of methoxy groups -OCH3 is 2. The van der Waals surface area contributed by atoms with Crippen molar-refractivity contribution in [1.29, 1.82) is 0 Å². The summed E-state index contributed by atoms with van der Waals surface area (Å²) in [6.45, 7) is 2.06. The standard InChI is InChI=1S/C20H19N5O2S/c1-12-6-4-5-7-14(12)15-11-28-20(22-15)18-19(21)25(24-23-18)16-10-13(26-2)8-9-17(16)27-3/h4-11H,21H2,1-3H3. The molecule has 0 radical (unpaired) electrons. The van der Waals surface area contributed by atoms with Crippen LogP contribution in [0.2, 0.25) is 0 Å². The number of hydrogen-bond donors (Lipinski definition) is 1. The number of thiazole rings is 1. The average molecular weight is 393 g/mol. The van der Waals surface area contributed by atoms with Crippen LogP contribution in [0.1, 0.15) is 5.56 Å². The van der Waals surface area contributed by atoms with Crippen LogP contribution in [0.15, 0.2) is 47.8 Å². The Morgan fingerprint density at radius 1 is 1.07 bits per heavy atom. The van der Waals surface area contributed by atoms with Crippen molar-refractivity contribution in [1.82, 2.24) is 20.0 Å². The topological polar surface area (TPSA) is 88.1 Å². The number of rotatable bonds is 5. The summed E-state index contributed by atoms with van der Waals surface area (Å²) in [5, 5.41) is 11.2. The van der Waals surface area contributed by atoms with Crippen molar-refractivity contribution in [2.24, 2.45) is 0 Å². The molecule has 0 bridgehead atoms. The van der Waals surface area contributed by atoms with Crippen LogP contribution >= 0.6 is 11.3 Å². The van der Waals surface area contributed by atoms with Crippen molar-refractivity contribution < 1.29 is 9.47 Å². The van der Waals surface area contributed by atoms with Gasteiger partial charge < -0.3 is 15.2 Å². The van der Waals surface area contributed by atoms with Crippen molar-refractivity contribution in [2.45, 2.75) is 6.92 Å². The van der Waals surface area contributed by atoms with Crippen molar-refractivity contribution in [3.8, 4) is 39.1 Å². The summed E-state index contributed by atoms with van der Waals surface area (Å²) in [5.41, 5.74) is 10.7. The molecule has 2 N–H and O–H groups in total. The molecule has 0 amide bonds. The van der Waals surface area contributed by atoms with Gasteiger partial charge in [0, 0.05) is 17.0 Å². The average Bonchev–Trinajstić information content (AvgIpc) is 3.34. The van der Waals surface area contributed by atoms with Gasteiger partial charge in [-0.25, -0.2) is 4.98 Å². The molecular formula is C20H19N5O2S. The predicted octanol–water partition coefficient (Wildman–Crippen LogP) is 3.97. The lowest BCUT2D eigenvalue weighted by Crippen LogP contribution is -2.05. The molecule has 0 aliphatic carbocycles. The molecule has 4 aromatic rings. The van der Waals surface area contributed by atoms with Crippen molar-refractivity contribution in [3.63, 3.8) is 0 Å². The summed E-state index contributed by atoms with van der Waals surface area (Å²) >= 11 is 1.48. The van der Waals surface area contributed by atoms with Crippen LogP contribution in [0.4, 0.5) is 5.82 Å². The zero-order chi connectivity index (χ0) is 19.7. The van der Waals surface area contributed by atoms with Gasteiger partial charge in [-0.1, -0.05) is 29.5 Å². The molecule has 7 nitrogen and oxygen atoms in total. The number of aromatic nitrogens is 4. The van der Waals surface area contributed by atoms with Crippen LogP contribution in [0, 0.1) is 6.92 Å². The Hall–Kier alpha value is -3.39. The van der Waals surface area contributed by atoms with Gasteiger partial charge in [0.25, 0.3) is 0 Å². The monoisotopic (exact) mass is 393 g/mol. The van der Waals surface area contributed by atoms with Gasteiger partial charge in [-0.2, -0.15) is 4.68 Å². The number of benzene rings is 2. The SMILES string of the molecule is COc1ccc(OC)c(-n2nnc(-c3nc(-c4ccccc4C)cs3)c2N)c1. The van der Waals surface area contributed by atoms with Gasteiger partial charge >= 0.3 is 0 Å². The first-order chi connectivity index (χ1) is 13.6. The summed E-state index contributed by atoms with van der Waals surface area (Å²) in [6, 6.07) is 13.5. The first kappa shape index (κ1) is 18.0. The van der Waals surface area contributed by atoms with E-state index in [-0.39, 0.29) is 0 Å². The maximum absolute atomic E-state index is 6.37. The highest BCUT2D eigenvalue weighted by Gasteiger charge is 2.19. The van der Waals surface area contributed by atoms with E-state index in [1.165, 1.54) is 16.0 Å². The second kappa shape index (κ2) is 7.32. The van der Waals surface area contributed by atoms with E-state index in [1.54, 1.807) is 26.4 Å². The maximum atomic E-state index is 6.37. The van der Waals surface area contributed by atoms with Gasteiger partial charge in [-0.15, -0.1) is 16.4 Å². The molecule has 0 aliphatic heterocycles. The summed E-state index contributed by atoms with van der Waals surface area (Å²) in [5.74, 6) is 1.67. The van der Waals surface area contributed by atoms with Crippen LogP contribution in [-0.4, -0.2) is 34.2 Å². The first-order valence-corrected chi connectivity index (χ1v) is 9.45. The van der Waals surface area contributed by atoms with Crippen LogP contribution < -0.4 is 15.2 Å². The molecule has 0 fully saturated rings. The smallest absolute Gasteiger partial charge is 0.165 e. The van der Waals surface area contributed by atoms with E-state index in [1.807, 2.05) is 23.6 Å². The third kappa shape index (κ3) is 3.07. The molecule has 2 aromatic carbocycles. The number of nitrogens with zero attached hydrogens (tertiary/aromatic N) is 4. The van der Waals surface area contributed by atoms with Crippen LogP contribution in [0.25, 0.3) is 27.6 Å². The van der Waals surface area contributed by atoms with Gasteiger partial charge in [-0.3, -0.25) is 0 Å². The lowest BCUT2D eigenvalue weighted by molar-refractivity contribution is 0.400. The third-order valence-electron chi connectivity index (χ3n) is 4.45. The fourth-order valence-electron chi connectivity index (χ4n) is 2.95. The highest BCUT2D eigenvalue weighted by molar-refractivity contribution is 7.13. The number of nitrogen functional groups attached to an aromatic ring is 1. The fraction of sp³-hybridized carbons (Fsp3) is 0.150. The Kier molecular flexibility index (Phi) is 4.70. The molecule has 0 saturated carbocycles. The van der Waals surface area contributed by atoms with Gasteiger partial charge in [0.05, 0.1) is 19.9 Å². The first-order valence-electron chi connectivity index (χ1n) is 8.58. The second-order valence-corrected chi connectivity index (χ2v) is 6.98. The Morgan fingerprint density at radius 2 is 1.89 bits per heavy atom. The fourth-order valence-corrected chi connectivity index (χ4v) is 3.76. The van der Waals surface area contributed by atoms with Crippen LogP contribution in [-0.2, 0) is 0 Å². The van der Waals surface area contributed by atoms with Crippen molar-refractivity contribution >= 4 is 17.2 Å². The summed E-state index contributed by atoms with van der Waals surface area (Å²) in [7, 11) is 3.19. The Morgan fingerprint density at radius 3 is 2.64 bits per heavy atom. The lowest BCUT2D eigenvalue weighted by atomic mass is 10.1. The largest absolute Gasteiger partial charge is 0.497 e. The molecule has 0 saturated heterocycles. The molecule has 0 aliphatic rings. The van der Waals surface area contributed by atoms with Crippen LogP contribution in [0.5, 0.6) is 11.5 Å². The van der Waals surface area contributed by atoms with Gasteiger partial charge in [0.2, 0.25) is 0 Å². The van der Waals surface area contributed by atoms with Gasteiger partial charge in [-0.05, 0) is 24.6 Å². The van der Waals surface area contributed by atoms with Crippen molar-refractivity contribution in [2.75, 3.05) is 20.0 Å². The molecule has 28 heavy (non-hydrogen) atoms. The number of ether oxygens (including phenoxy) is 2. The second-order valence-electron chi connectivity index (χ2n) is 6.13. The van der Waals surface area contributed by atoms with Gasteiger partial charge in [0.15, 0.2) is 11.5 Å². The molecule has 4 rings (SSSR count). The van der Waals surface area contributed by atoms with E-state index >= 15 is 0 Å². The predicted molar refractivity (Wildman–Crippen MR) is 110 cm³/mol. The van der Waals surface area contributed by atoms with Crippen molar-refractivity contribution in [3.05, 3.63) is 53.4 Å². The van der Waals surface area contributed by atoms with E-state index < -0.39 is 0 Å². The summed E-state index contributed by atoms with van der Waals surface area (Å²) in [6.07, 6.45) is 0. The zero-order valence-corrected chi connectivity index (χ0v) is 16.5. The molecule has 2 aromatic heterocycles. The lowest BCUT2D eigenvalue weighted by Gasteiger charge is -2.10. The minimum absolute atomic E-state index is 0.386.